The Hall–Kier alpha value is -0.320. The lowest BCUT2D eigenvalue weighted by Crippen LogP contribution is -2.34. The first-order valence-corrected chi connectivity index (χ1v) is 5.85. The van der Waals surface area contributed by atoms with Gasteiger partial charge in [-0.3, -0.25) is 0 Å². The molecular formula is C11H16Cl2N2O. The van der Waals surface area contributed by atoms with Gasteiger partial charge in [0.25, 0.3) is 0 Å². The number of halogens is 2. The van der Waals surface area contributed by atoms with Crippen LogP contribution in [0.2, 0.25) is 10.0 Å². The second-order valence-electron chi connectivity index (χ2n) is 3.62. The average Bonchev–Trinajstić information content (AvgIpc) is 2.23. The lowest BCUT2D eigenvalue weighted by Gasteiger charge is -2.22. The Morgan fingerprint density at radius 1 is 1.31 bits per heavy atom. The molecule has 90 valence electrons. The van der Waals surface area contributed by atoms with E-state index in [0.29, 0.717) is 28.6 Å². The molecule has 0 aliphatic heterocycles. The predicted octanol–water partition coefficient (Wildman–Crippen LogP) is 1.96. The Bertz CT molecular complexity index is 327. The second-order valence-corrected chi connectivity index (χ2v) is 4.49. The van der Waals surface area contributed by atoms with Crippen molar-refractivity contribution in [3.05, 3.63) is 33.8 Å². The number of hydrogen-bond acceptors (Lipinski definition) is 3. The molecule has 0 saturated carbocycles. The zero-order valence-corrected chi connectivity index (χ0v) is 10.6. The summed E-state index contributed by atoms with van der Waals surface area (Å²) in [6, 6.07) is 4.95. The lowest BCUT2D eigenvalue weighted by atomic mass is 10.00. The van der Waals surface area contributed by atoms with E-state index in [9.17, 15) is 5.11 Å². The largest absolute Gasteiger partial charge is 0.387 e. The highest BCUT2D eigenvalue weighted by Crippen LogP contribution is 2.26. The fraction of sp³-hybridized carbons (Fsp3) is 0.455. The fourth-order valence-electron chi connectivity index (χ4n) is 1.62. The number of nitrogens with two attached hydrogens (primary N) is 1. The van der Waals surface area contributed by atoms with Crippen LogP contribution >= 0.6 is 23.2 Å². The third-order valence-corrected chi connectivity index (χ3v) is 2.89. The number of hydrogen-bond donors (Lipinski definition) is 3. The molecule has 3 nitrogen and oxygen atoms in total. The molecule has 0 heterocycles. The number of nitrogens with one attached hydrogen (secondary N) is 1. The summed E-state index contributed by atoms with van der Waals surface area (Å²) in [7, 11) is 1.79. The molecular weight excluding hydrogens is 247 g/mol. The van der Waals surface area contributed by atoms with E-state index in [1.54, 1.807) is 25.2 Å². The van der Waals surface area contributed by atoms with Gasteiger partial charge in [-0.1, -0.05) is 23.2 Å². The van der Waals surface area contributed by atoms with Crippen LogP contribution in [-0.4, -0.2) is 24.7 Å². The number of aliphatic hydroxyl groups excluding tert-OH is 1. The lowest BCUT2D eigenvalue weighted by molar-refractivity contribution is 0.129. The predicted molar refractivity (Wildman–Crippen MR) is 67.9 cm³/mol. The molecule has 0 aliphatic carbocycles. The summed E-state index contributed by atoms with van der Waals surface area (Å²) < 4.78 is 0. The van der Waals surface area contributed by atoms with Crippen LogP contribution in [0.4, 0.5) is 0 Å². The van der Waals surface area contributed by atoms with Crippen LogP contribution in [0.25, 0.3) is 0 Å². The van der Waals surface area contributed by atoms with E-state index in [2.05, 4.69) is 5.32 Å². The van der Waals surface area contributed by atoms with Crippen molar-refractivity contribution in [3.63, 3.8) is 0 Å². The number of likely N-dealkylation sites (N-methyl/N-ethyl adjacent to an activating group) is 1. The Morgan fingerprint density at radius 3 is 2.31 bits per heavy atom. The average molecular weight is 263 g/mol. The van der Waals surface area contributed by atoms with Gasteiger partial charge in [0.2, 0.25) is 0 Å². The topological polar surface area (TPSA) is 58.3 Å². The molecule has 4 N–H and O–H groups in total. The zero-order chi connectivity index (χ0) is 12.1. The maximum Gasteiger partial charge on any atom is 0.0944 e. The molecule has 1 rings (SSSR count). The second kappa shape index (κ2) is 6.42. The van der Waals surface area contributed by atoms with Crippen molar-refractivity contribution >= 4 is 23.2 Å². The molecule has 1 aromatic rings. The number of benzene rings is 1. The van der Waals surface area contributed by atoms with Crippen LogP contribution in [0.3, 0.4) is 0 Å². The molecule has 0 saturated heterocycles. The summed E-state index contributed by atoms with van der Waals surface area (Å²) in [4.78, 5) is 0. The first-order valence-electron chi connectivity index (χ1n) is 5.10. The Balaban J connectivity index is 2.89. The first-order chi connectivity index (χ1) is 7.58. The van der Waals surface area contributed by atoms with Crippen molar-refractivity contribution in [3.8, 4) is 0 Å². The monoisotopic (exact) mass is 262 g/mol. The van der Waals surface area contributed by atoms with Gasteiger partial charge in [-0.05, 0) is 43.8 Å². The molecule has 0 radical (unpaired) electrons. The standard InChI is InChI=1S/C11H16Cl2N2O/c1-15-10(2-3-14)11(16)7-4-8(12)6-9(13)5-7/h4-6,10-11,15-16H,2-3,14H2,1H3. The summed E-state index contributed by atoms with van der Waals surface area (Å²) in [5.74, 6) is 0. The van der Waals surface area contributed by atoms with Crippen molar-refractivity contribution in [1.82, 2.24) is 5.32 Å². The van der Waals surface area contributed by atoms with E-state index in [1.165, 1.54) is 0 Å². The highest BCUT2D eigenvalue weighted by atomic mass is 35.5. The van der Waals surface area contributed by atoms with E-state index < -0.39 is 6.10 Å². The molecule has 16 heavy (non-hydrogen) atoms. The van der Waals surface area contributed by atoms with Crippen LogP contribution in [0.1, 0.15) is 18.1 Å². The third kappa shape index (κ3) is 3.61. The number of aliphatic hydroxyl groups is 1. The van der Waals surface area contributed by atoms with Crippen LogP contribution in [-0.2, 0) is 0 Å². The highest BCUT2D eigenvalue weighted by Gasteiger charge is 2.19. The van der Waals surface area contributed by atoms with E-state index in [-0.39, 0.29) is 6.04 Å². The minimum absolute atomic E-state index is 0.0977. The normalized spacial score (nSPS) is 14.8. The number of rotatable bonds is 5. The molecule has 0 amide bonds. The van der Waals surface area contributed by atoms with Crippen LogP contribution in [0.15, 0.2) is 18.2 Å². The van der Waals surface area contributed by atoms with Crippen molar-refractivity contribution < 1.29 is 5.11 Å². The summed E-state index contributed by atoms with van der Waals surface area (Å²) in [5.41, 5.74) is 6.18. The summed E-state index contributed by atoms with van der Waals surface area (Å²) in [6.07, 6.45) is 0.0201. The van der Waals surface area contributed by atoms with Crippen molar-refractivity contribution in [2.75, 3.05) is 13.6 Å². The molecule has 0 spiro atoms. The van der Waals surface area contributed by atoms with Gasteiger partial charge in [0, 0.05) is 16.1 Å². The fourth-order valence-corrected chi connectivity index (χ4v) is 2.16. The molecule has 2 unspecified atom stereocenters. The van der Waals surface area contributed by atoms with Crippen molar-refractivity contribution in [2.24, 2.45) is 5.73 Å². The smallest absolute Gasteiger partial charge is 0.0944 e. The summed E-state index contributed by atoms with van der Waals surface area (Å²) in [6.45, 7) is 0.511. The summed E-state index contributed by atoms with van der Waals surface area (Å²) in [5, 5.41) is 14.2. The van der Waals surface area contributed by atoms with Gasteiger partial charge in [-0.2, -0.15) is 0 Å². The van der Waals surface area contributed by atoms with Gasteiger partial charge in [-0.25, -0.2) is 0 Å². The van der Waals surface area contributed by atoms with Gasteiger partial charge in [0.1, 0.15) is 0 Å². The first kappa shape index (κ1) is 13.7. The Kier molecular flexibility index (Phi) is 5.52. The molecule has 2 atom stereocenters. The van der Waals surface area contributed by atoms with Crippen LogP contribution in [0, 0.1) is 0 Å². The molecule has 1 aromatic carbocycles. The Morgan fingerprint density at radius 2 is 1.88 bits per heavy atom. The third-order valence-electron chi connectivity index (χ3n) is 2.46. The van der Waals surface area contributed by atoms with E-state index in [1.807, 2.05) is 0 Å². The van der Waals surface area contributed by atoms with Gasteiger partial charge in [0.05, 0.1) is 6.10 Å². The highest BCUT2D eigenvalue weighted by molar-refractivity contribution is 6.34. The van der Waals surface area contributed by atoms with Crippen LogP contribution in [0.5, 0.6) is 0 Å². The van der Waals surface area contributed by atoms with E-state index in [0.717, 1.165) is 0 Å². The summed E-state index contributed by atoms with van der Waals surface area (Å²) >= 11 is 11.8. The van der Waals surface area contributed by atoms with Crippen molar-refractivity contribution in [2.45, 2.75) is 18.6 Å². The quantitative estimate of drug-likeness (QED) is 0.761. The molecule has 0 aromatic heterocycles. The maximum atomic E-state index is 10.1. The Labute approximate surface area is 106 Å². The van der Waals surface area contributed by atoms with Crippen LogP contribution < -0.4 is 11.1 Å². The molecule has 0 aliphatic rings. The molecule has 5 heteroatoms. The van der Waals surface area contributed by atoms with E-state index in [4.69, 9.17) is 28.9 Å². The van der Waals surface area contributed by atoms with Gasteiger partial charge < -0.3 is 16.2 Å². The molecule has 0 fully saturated rings. The minimum atomic E-state index is -0.662. The van der Waals surface area contributed by atoms with Gasteiger partial charge in [0.15, 0.2) is 0 Å². The van der Waals surface area contributed by atoms with Gasteiger partial charge >= 0.3 is 0 Å². The zero-order valence-electron chi connectivity index (χ0n) is 9.08. The van der Waals surface area contributed by atoms with Crippen molar-refractivity contribution in [1.29, 1.82) is 0 Å². The minimum Gasteiger partial charge on any atom is -0.387 e. The maximum absolute atomic E-state index is 10.1. The van der Waals surface area contributed by atoms with E-state index >= 15 is 0 Å². The molecule has 0 bridgehead atoms. The van der Waals surface area contributed by atoms with Gasteiger partial charge in [-0.15, -0.1) is 0 Å². The SMILES string of the molecule is CNC(CCN)C(O)c1cc(Cl)cc(Cl)c1.